The molecule has 0 saturated carbocycles. The van der Waals surface area contributed by atoms with Crippen molar-refractivity contribution in [3.8, 4) is 0 Å². The van der Waals surface area contributed by atoms with Crippen LogP contribution < -0.4 is 5.73 Å². The van der Waals surface area contributed by atoms with E-state index in [1.54, 1.807) is 0 Å². The summed E-state index contributed by atoms with van der Waals surface area (Å²) in [5, 5.41) is 4.01. The van der Waals surface area contributed by atoms with Gasteiger partial charge in [0.05, 0.1) is 6.54 Å². The third-order valence-corrected chi connectivity index (χ3v) is 3.11. The van der Waals surface area contributed by atoms with Gasteiger partial charge in [-0.1, -0.05) is 19.0 Å². The van der Waals surface area contributed by atoms with E-state index >= 15 is 0 Å². The maximum absolute atomic E-state index is 6.02. The SMILES string of the molecule is CCCc1nc(CN2CC(C)CC(N)C2)no1. The Morgan fingerprint density at radius 2 is 2.29 bits per heavy atom. The summed E-state index contributed by atoms with van der Waals surface area (Å²) in [6, 6.07) is 0.278. The first-order valence-corrected chi connectivity index (χ1v) is 6.46. The van der Waals surface area contributed by atoms with Crippen molar-refractivity contribution in [3.05, 3.63) is 11.7 Å². The summed E-state index contributed by atoms with van der Waals surface area (Å²) in [5.74, 6) is 2.19. The number of likely N-dealkylation sites (tertiary alicyclic amines) is 1. The third kappa shape index (κ3) is 3.51. The molecule has 2 unspecified atom stereocenters. The lowest BCUT2D eigenvalue weighted by Crippen LogP contribution is -2.45. The molecule has 1 aromatic heterocycles. The summed E-state index contributed by atoms with van der Waals surface area (Å²) in [6.07, 6.45) is 3.01. The van der Waals surface area contributed by atoms with Gasteiger partial charge in [0.2, 0.25) is 5.89 Å². The molecule has 2 heterocycles. The van der Waals surface area contributed by atoms with Crippen molar-refractivity contribution in [3.63, 3.8) is 0 Å². The zero-order valence-electron chi connectivity index (χ0n) is 10.7. The van der Waals surface area contributed by atoms with E-state index in [9.17, 15) is 0 Å². The van der Waals surface area contributed by atoms with Gasteiger partial charge in [-0.2, -0.15) is 4.98 Å². The molecule has 0 amide bonds. The maximum atomic E-state index is 6.02. The van der Waals surface area contributed by atoms with Gasteiger partial charge in [-0.15, -0.1) is 0 Å². The van der Waals surface area contributed by atoms with Crippen molar-refractivity contribution in [2.24, 2.45) is 11.7 Å². The van der Waals surface area contributed by atoms with Gasteiger partial charge in [0.15, 0.2) is 5.82 Å². The smallest absolute Gasteiger partial charge is 0.226 e. The van der Waals surface area contributed by atoms with E-state index in [0.717, 1.165) is 50.6 Å². The molecule has 1 aliphatic rings. The Labute approximate surface area is 102 Å². The summed E-state index contributed by atoms with van der Waals surface area (Å²) >= 11 is 0. The lowest BCUT2D eigenvalue weighted by Gasteiger charge is -2.33. The van der Waals surface area contributed by atoms with Gasteiger partial charge < -0.3 is 10.3 Å². The van der Waals surface area contributed by atoms with Gasteiger partial charge in [0.25, 0.3) is 0 Å². The number of nitrogens with zero attached hydrogens (tertiary/aromatic N) is 3. The highest BCUT2D eigenvalue weighted by Crippen LogP contribution is 2.16. The number of aryl methyl sites for hydroxylation is 1. The number of hydrogen-bond acceptors (Lipinski definition) is 5. The Morgan fingerprint density at radius 3 is 3.00 bits per heavy atom. The third-order valence-electron chi connectivity index (χ3n) is 3.11. The maximum Gasteiger partial charge on any atom is 0.226 e. The van der Waals surface area contributed by atoms with Gasteiger partial charge in [0.1, 0.15) is 0 Å². The lowest BCUT2D eigenvalue weighted by molar-refractivity contribution is 0.153. The van der Waals surface area contributed by atoms with E-state index in [0.29, 0.717) is 5.92 Å². The van der Waals surface area contributed by atoms with Crippen LogP contribution in [0.3, 0.4) is 0 Å². The first-order valence-electron chi connectivity index (χ1n) is 6.46. The number of hydrogen-bond donors (Lipinski definition) is 1. The predicted octanol–water partition coefficient (Wildman–Crippen LogP) is 1.19. The monoisotopic (exact) mass is 238 g/mol. The zero-order valence-corrected chi connectivity index (χ0v) is 10.7. The Kier molecular flexibility index (Phi) is 4.12. The molecule has 1 aromatic rings. The fourth-order valence-electron chi connectivity index (χ4n) is 2.51. The number of nitrogens with two attached hydrogens (primary N) is 1. The number of aromatic nitrogens is 2. The van der Waals surface area contributed by atoms with Crippen LogP contribution in [-0.4, -0.2) is 34.2 Å². The largest absolute Gasteiger partial charge is 0.339 e. The molecule has 0 spiro atoms. The Balaban J connectivity index is 1.90. The lowest BCUT2D eigenvalue weighted by atomic mass is 9.97. The molecule has 17 heavy (non-hydrogen) atoms. The van der Waals surface area contributed by atoms with Crippen LogP contribution in [-0.2, 0) is 13.0 Å². The molecule has 0 radical (unpaired) electrons. The van der Waals surface area contributed by atoms with Crippen molar-refractivity contribution < 1.29 is 4.52 Å². The highest BCUT2D eigenvalue weighted by atomic mass is 16.5. The van der Waals surface area contributed by atoms with Crippen LogP contribution in [0.5, 0.6) is 0 Å². The second-order valence-corrected chi connectivity index (χ2v) is 5.15. The van der Waals surface area contributed by atoms with Crippen LogP contribution in [0.1, 0.15) is 38.4 Å². The number of rotatable bonds is 4. The van der Waals surface area contributed by atoms with Gasteiger partial charge >= 0.3 is 0 Å². The zero-order chi connectivity index (χ0) is 12.3. The van der Waals surface area contributed by atoms with Crippen LogP contribution in [0.25, 0.3) is 0 Å². The van der Waals surface area contributed by atoms with Gasteiger partial charge in [-0.05, 0) is 18.8 Å². The van der Waals surface area contributed by atoms with E-state index < -0.39 is 0 Å². The highest BCUT2D eigenvalue weighted by molar-refractivity contribution is 4.89. The molecule has 5 heteroatoms. The first-order chi connectivity index (χ1) is 8.17. The summed E-state index contributed by atoms with van der Waals surface area (Å²) in [5.41, 5.74) is 6.02. The molecule has 0 bridgehead atoms. The van der Waals surface area contributed by atoms with Gasteiger partial charge in [-0.25, -0.2) is 0 Å². The van der Waals surface area contributed by atoms with Gasteiger partial charge in [0, 0.05) is 25.6 Å². The molecule has 5 nitrogen and oxygen atoms in total. The van der Waals surface area contributed by atoms with Crippen molar-refractivity contribution in [2.45, 2.75) is 45.7 Å². The molecule has 1 fully saturated rings. The van der Waals surface area contributed by atoms with Crippen molar-refractivity contribution in [1.29, 1.82) is 0 Å². The van der Waals surface area contributed by atoms with Crippen molar-refractivity contribution >= 4 is 0 Å². The Hall–Kier alpha value is -0.940. The topological polar surface area (TPSA) is 68.2 Å². The van der Waals surface area contributed by atoms with E-state index in [4.69, 9.17) is 10.3 Å². The van der Waals surface area contributed by atoms with Gasteiger partial charge in [-0.3, -0.25) is 4.90 Å². The molecular formula is C12H22N4O. The van der Waals surface area contributed by atoms with Crippen molar-refractivity contribution in [1.82, 2.24) is 15.0 Å². The van der Waals surface area contributed by atoms with E-state index in [1.807, 2.05) is 0 Å². The summed E-state index contributed by atoms with van der Waals surface area (Å²) in [7, 11) is 0. The highest BCUT2D eigenvalue weighted by Gasteiger charge is 2.23. The van der Waals surface area contributed by atoms with Crippen LogP contribution >= 0.6 is 0 Å². The number of piperidine rings is 1. The fourth-order valence-corrected chi connectivity index (χ4v) is 2.51. The fraction of sp³-hybridized carbons (Fsp3) is 0.833. The van der Waals surface area contributed by atoms with E-state index in [-0.39, 0.29) is 6.04 Å². The molecule has 1 aliphatic heterocycles. The summed E-state index contributed by atoms with van der Waals surface area (Å²) in [4.78, 5) is 6.70. The Morgan fingerprint density at radius 1 is 1.47 bits per heavy atom. The predicted molar refractivity (Wildman–Crippen MR) is 65.3 cm³/mol. The summed E-state index contributed by atoms with van der Waals surface area (Å²) < 4.78 is 5.18. The van der Waals surface area contributed by atoms with Crippen LogP contribution in [0.4, 0.5) is 0 Å². The van der Waals surface area contributed by atoms with Crippen molar-refractivity contribution in [2.75, 3.05) is 13.1 Å². The minimum atomic E-state index is 0.278. The Bertz CT molecular complexity index is 342. The molecule has 0 aliphatic carbocycles. The molecule has 2 N–H and O–H groups in total. The molecule has 2 rings (SSSR count). The van der Waals surface area contributed by atoms with Crippen LogP contribution in [0.2, 0.25) is 0 Å². The molecule has 0 aromatic carbocycles. The van der Waals surface area contributed by atoms with E-state index in [2.05, 4.69) is 28.9 Å². The van der Waals surface area contributed by atoms with Crippen LogP contribution in [0, 0.1) is 5.92 Å². The average molecular weight is 238 g/mol. The molecular weight excluding hydrogens is 216 g/mol. The molecule has 1 saturated heterocycles. The normalized spacial score (nSPS) is 26.3. The minimum absolute atomic E-state index is 0.278. The van der Waals surface area contributed by atoms with Crippen LogP contribution in [0.15, 0.2) is 4.52 Å². The second-order valence-electron chi connectivity index (χ2n) is 5.15. The molecule has 2 atom stereocenters. The second kappa shape index (κ2) is 5.60. The standard InChI is InChI=1S/C12H22N4O/c1-3-4-12-14-11(15-17-12)8-16-6-9(2)5-10(13)7-16/h9-10H,3-8,13H2,1-2H3. The average Bonchev–Trinajstić information content (AvgIpc) is 2.64. The quantitative estimate of drug-likeness (QED) is 0.853. The van der Waals surface area contributed by atoms with E-state index in [1.165, 1.54) is 0 Å². The summed E-state index contributed by atoms with van der Waals surface area (Å²) in [6.45, 7) is 7.11. The minimum Gasteiger partial charge on any atom is -0.339 e. The first kappa shape index (κ1) is 12.5. The molecule has 96 valence electrons.